The number of unbranched alkanes of at least 4 members (excludes halogenated alkanes) is 5. The molecule has 23 heavy (non-hydrogen) atoms. The van der Waals surface area contributed by atoms with E-state index in [1.165, 1.54) is 25.7 Å². The summed E-state index contributed by atoms with van der Waals surface area (Å²) >= 11 is 0. The van der Waals surface area contributed by atoms with Gasteiger partial charge in [0.1, 0.15) is 0 Å². The number of nitrogens with zero attached hydrogens (tertiary/aromatic N) is 1. The molecule has 4 heteroatoms. The van der Waals surface area contributed by atoms with Crippen LogP contribution in [0.25, 0.3) is 0 Å². The second kappa shape index (κ2) is 9.16. The van der Waals surface area contributed by atoms with Crippen molar-refractivity contribution in [2.75, 3.05) is 13.2 Å². The Balaban J connectivity index is 1.81. The monoisotopic (exact) mass is 319 g/mol. The maximum absolute atomic E-state index is 13.0. The molecule has 1 amide bonds. The predicted molar refractivity (Wildman–Crippen MR) is 91.6 cm³/mol. The third-order valence-corrected chi connectivity index (χ3v) is 4.58. The Morgan fingerprint density at radius 1 is 1.17 bits per heavy atom. The van der Waals surface area contributed by atoms with Crippen molar-refractivity contribution in [1.82, 2.24) is 0 Å². The summed E-state index contributed by atoms with van der Waals surface area (Å²) in [5.41, 5.74) is 0.484. The van der Waals surface area contributed by atoms with Crippen LogP contribution in [0.3, 0.4) is 0 Å². The van der Waals surface area contributed by atoms with Crippen LogP contribution in [0.5, 0.6) is 0 Å². The van der Waals surface area contributed by atoms with Gasteiger partial charge in [-0.05, 0) is 18.6 Å². The summed E-state index contributed by atoms with van der Waals surface area (Å²) in [5, 5.41) is 13.0. The van der Waals surface area contributed by atoms with E-state index in [0.717, 1.165) is 19.3 Å². The number of rotatable bonds is 9. The standard InChI is InChI=1S/C19H29NO3/c1-2-3-4-5-6-10-16-23-18-14-11-15-20(18,22)19(21)17-12-8-7-9-13-17/h7-9,12-13,18H,2-6,10-11,14-16H2,1H3. The summed E-state index contributed by atoms with van der Waals surface area (Å²) in [5.74, 6) is -0.365. The molecule has 1 aromatic carbocycles. The molecule has 0 N–H and O–H groups in total. The topological polar surface area (TPSA) is 49.4 Å². The quantitative estimate of drug-likeness (QED) is 0.378. The molecule has 0 radical (unpaired) electrons. The molecule has 2 atom stereocenters. The Morgan fingerprint density at radius 3 is 2.61 bits per heavy atom. The summed E-state index contributed by atoms with van der Waals surface area (Å²) in [4.78, 5) is 12.6. The molecule has 1 saturated heterocycles. The third kappa shape index (κ3) is 4.87. The molecule has 2 unspecified atom stereocenters. The highest BCUT2D eigenvalue weighted by molar-refractivity contribution is 5.89. The number of carbonyl (C=O) groups excluding carboxylic acids is 1. The van der Waals surface area contributed by atoms with Gasteiger partial charge >= 0.3 is 5.91 Å². The number of likely N-dealkylation sites (tertiary alicyclic amines) is 1. The van der Waals surface area contributed by atoms with Crippen molar-refractivity contribution >= 4 is 5.91 Å². The smallest absolute Gasteiger partial charge is 0.347 e. The van der Waals surface area contributed by atoms with Crippen LogP contribution in [0.4, 0.5) is 0 Å². The van der Waals surface area contributed by atoms with Crippen molar-refractivity contribution in [3.8, 4) is 0 Å². The van der Waals surface area contributed by atoms with Gasteiger partial charge in [0.05, 0.1) is 18.7 Å². The van der Waals surface area contributed by atoms with E-state index >= 15 is 0 Å². The molecule has 128 valence electrons. The number of amides is 1. The third-order valence-electron chi connectivity index (χ3n) is 4.58. The highest BCUT2D eigenvalue weighted by Crippen LogP contribution is 2.29. The molecule has 1 aliphatic heterocycles. The summed E-state index contributed by atoms with van der Waals surface area (Å²) in [7, 11) is 0. The first-order chi connectivity index (χ1) is 11.2. The molecule has 1 heterocycles. The minimum Gasteiger partial charge on any atom is -0.623 e. The van der Waals surface area contributed by atoms with Gasteiger partial charge in [0, 0.05) is 12.8 Å². The Labute approximate surface area is 139 Å². The van der Waals surface area contributed by atoms with Crippen LogP contribution in [0.15, 0.2) is 30.3 Å². The summed E-state index contributed by atoms with van der Waals surface area (Å²) < 4.78 is 4.96. The molecule has 1 aliphatic rings. The lowest BCUT2D eigenvalue weighted by atomic mass is 10.1. The lowest BCUT2D eigenvalue weighted by Crippen LogP contribution is -2.52. The van der Waals surface area contributed by atoms with E-state index in [4.69, 9.17) is 4.74 Å². The lowest BCUT2D eigenvalue weighted by molar-refractivity contribution is -0.837. The molecule has 0 spiro atoms. The van der Waals surface area contributed by atoms with Gasteiger partial charge in [-0.2, -0.15) is 0 Å². The van der Waals surface area contributed by atoms with E-state index in [0.29, 0.717) is 25.1 Å². The van der Waals surface area contributed by atoms with Gasteiger partial charge < -0.3 is 9.94 Å². The first-order valence-corrected chi connectivity index (χ1v) is 8.99. The van der Waals surface area contributed by atoms with Crippen LogP contribution in [0.1, 0.15) is 68.6 Å². The summed E-state index contributed by atoms with van der Waals surface area (Å²) in [6.45, 7) is 3.12. The predicted octanol–water partition coefficient (Wildman–Crippen LogP) is 4.64. The maximum Gasteiger partial charge on any atom is 0.347 e. The van der Waals surface area contributed by atoms with Crippen LogP contribution in [0.2, 0.25) is 0 Å². The van der Waals surface area contributed by atoms with Crippen molar-refractivity contribution in [3.05, 3.63) is 41.1 Å². The van der Waals surface area contributed by atoms with Gasteiger partial charge in [-0.3, -0.25) is 4.65 Å². The number of hydroxylamine groups is 3. The first-order valence-electron chi connectivity index (χ1n) is 8.99. The normalized spacial score (nSPS) is 24.0. The van der Waals surface area contributed by atoms with Gasteiger partial charge in [-0.15, -0.1) is 0 Å². The molecule has 1 aromatic rings. The van der Waals surface area contributed by atoms with Crippen molar-refractivity contribution in [1.29, 1.82) is 0 Å². The highest BCUT2D eigenvalue weighted by Gasteiger charge is 2.42. The summed E-state index contributed by atoms with van der Waals surface area (Å²) in [6, 6.07) is 8.86. The van der Waals surface area contributed by atoms with Gasteiger partial charge in [-0.1, -0.05) is 57.2 Å². The van der Waals surface area contributed by atoms with E-state index in [1.54, 1.807) is 24.3 Å². The number of carbonyl (C=O) groups is 1. The molecule has 0 aromatic heterocycles. The van der Waals surface area contributed by atoms with Crippen molar-refractivity contribution in [3.63, 3.8) is 0 Å². The van der Waals surface area contributed by atoms with Crippen LogP contribution in [0, 0.1) is 5.21 Å². The van der Waals surface area contributed by atoms with Gasteiger partial charge in [0.15, 0.2) is 6.23 Å². The zero-order valence-corrected chi connectivity index (χ0v) is 14.2. The van der Waals surface area contributed by atoms with Crippen LogP contribution < -0.4 is 0 Å². The largest absolute Gasteiger partial charge is 0.623 e. The molecule has 0 bridgehead atoms. The van der Waals surface area contributed by atoms with E-state index in [2.05, 4.69) is 6.92 Å². The lowest BCUT2D eigenvalue weighted by Gasteiger charge is -2.40. The maximum atomic E-state index is 13.0. The van der Waals surface area contributed by atoms with E-state index in [1.807, 2.05) is 6.07 Å². The Bertz CT molecular complexity index is 477. The zero-order valence-electron chi connectivity index (χ0n) is 14.2. The highest BCUT2D eigenvalue weighted by atomic mass is 16.6. The fourth-order valence-electron chi connectivity index (χ4n) is 3.19. The van der Waals surface area contributed by atoms with Crippen molar-refractivity contribution in [2.45, 2.75) is 64.5 Å². The Morgan fingerprint density at radius 2 is 1.87 bits per heavy atom. The molecular formula is C19H29NO3. The molecular weight excluding hydrogens is 290 g/mol. The average Bonchev–Trinajstić information content (AvgIpc) is 2.96. The van der Waals surface area contributed by atoms with E-state index in [9.17, 15) is 10.0 Å². The SMILES string of the molecule is CCCCCCCCOC1CCC[N+]1([O-])C(=O)c1ccccc1. The molecule has 0 saturated carbocycles. The van der Waals surface area contributed by atoms with E-state index < -0.39 is 10.9 Å². The van der Waals surface area contributed by atoms with Gasteiger partial charge in [-0.25, -0.2) is 4.79 Å². The number of ether oxygens (including phenoxy) is 1. The number of hydrogen-bond acceptors (Lipinski definition) is 3. The van der Waals surface area contributed by atoms with Gasteiger partial charge in [0.2, 0.25) is 0 Å². The number of hydrogen-bond donors (Lipinski definition) is 0. The number of quaternary nitrogens is 1. The second-order valence-electron chi connectivity index (χ2n) is 6.43. The van der Waals surface area contributed by atoms with Crippen LogP contribution in [-0.4, -0.2) is 29.9 Å². The molecule has 2 rings (SSSR count). The first kappa shape index (κ1) is 18.1. The molecule has 1 fully saturated rings. The van der Waals surface area contributed by atoms with Crippen LogP contribution in [-0.2, 0) is 4.74 Å². The Kier molecular flexibility index (Phi) is 7.21. The fraction of sp³-hybridized carbons (Fsp3) is 0.632. The zero-order chi connectivity index (χ0) is 16.5. The van der Waals surface area contributed by atoms with Gasteiger partial charge in [0.25, 0.3) is 0 Å². The fourth-order valence-corrected chi connectivity index (χ4v) is 3.19. The molecule has 0 aliphatic carbocycles. The minimum absolute atomic E-state index is 0.328. The number of benzene rings is 1. The summed E-state index contributed by atoms with van der Waals surface area (Å²) in [6.07, 6.45) is 8.04. The average molecular weight is 319 g/mol. The minimum atomic E-state index is -0.847. The Hall–Kier alpha value is -1.23. The van der Waals surface area contributed by atoms with Crippen molar-refractivity contribution in [2.24, 2.45) is 0 Å². The molecule has 4 nitrogen and oxygen atoms in total. The van der Waals surface area contributed by atoms with E-state index in [-0.39, 0.29) is 5.91 Å². The van der Waals surface area contributed by atoms with Crippen LogP contribution >= 0.6 is 0 Å². The second-order valence-corrected chi connectivity index (χ2v) is 6.43. The van der Waals surface area contributed by atoms with Crippen molar-refractivity contribution < 1.29 is 14.2 Å².